The van der Waals surface area contributed by atoms with Gasteiger partial charge in [-0.1, -0.05) is 6.58 Å². The minimum absolute atomic E-state index is 0.703. The summed E-state index contributed by atoms with van der Waals surface area (Å²) in [4.78, 5) is 0. The minimum Gasteiger partial charge on any atom is -0.485 e. The average Bonchev–Trinajstić information content (AvgIpc) is 2.68. The molecular formula is C17H25Br2N2O+. The Labute approximate surface area is 150 Å². The maximum Gasteiger partial charge on any atom is 0.148 e. The Hall–Kier alpha value is -0.520. The van der Waals surface area contributed by atoms with Gasteiger partial charge < -0.3 is 15.0 Å². The fourth-order valence-corrected chi connectivity index (χ4v) is 4.64. The third-order valence-corrected chi connectivity index (χ3v) is 5.54. The molecule has 5 heteroatoms. The van der Waals surface area contributed by atoms with Gasteiger partial charge in [-0.05, 0) is 75.8 Å². The molecule has 0 amide bonds. The molecule has 0 radical (unpaired) electrons. The van der Waals surface area contributed by atoms with Crippen LogP contribution in [0.1, 0.15) is 25.7 Å². The number of ether oxygens (including phenoxy) is 1. The number of rotatable bonds is 6. The van der Waals surface area contributed by atoms with Gasteiger partial charge in [0, 0.05) is 5.69 Å². The lowest BCUT2D eigenvalue weighted by atomic mass is 10.2. The van der Waals surface area contributed by atoms with E-state index in [9.17, 15) is 0 Å². The number of nitrogen functional groups attached to an aromatic ring is 1. The molecule has 2 N–H and O–H groups in total. The van der Waals surface area contributed by atoms with Crippen molar-refractivity contribution in [3.05, 3.63) is 33.7 Å². The van der Waals surface area contributed by atoms with Crippen molar-refractivity contribution in [1.82, 2.24) is 0 Å². The number of nitrogens with zero attached hydrogens (tertiary/aromatic N) is 1. The van der Waals surface area contributed by atoms with E-state index in [1.54, 1.807) is 0 Å². The number of halogens is 2. The van der Waals surface area contributed by atoms with Gasteiger partial charge in [0.15, 0.2) is 0 Å². The Kier molecular flexibility index (Phi) is 6.78. The highest BCUT2D eigenvalue weighted by Gasteiger charge is 2.27. The van der Waals surface area contributed by atoms with Crippen molar-refractivity contribution in [3.63, 3.8) is 0 Å². The van der Waals surface area contributed by atoms with E-state index in [0.717, 1.165) is 32.3 Å². The van der Waals surface area contributed by atoms with Crippen molar-refractivity contribution in [2.24, 2.45) is 0 Å². The third-order valence-electron chi connectivity index (χ3n) is 4.36. The van der Waals surface area contributed by atoms with Gasteiger partial charge in [-0.25, -0.2) is 0 Å². The standard InChI is InChI=1S/C17H25Br2N2O/c1-2-7-21(8-5-3-4-6-9-21)10-11-22-17-15(18)12-14(20)13-16(17)19/h2,12-13H,1,3-11,20H2/q+1. The zero-order valence-electron chi connectivity index (χ0n) is 13.0. The molecule has 0 unspecified atom stereocenters. The van der Waals surface area contributed by atoms with Crippen LogP contribution in [-0.2, 0) is 0 Å². The molecule has 1 heterocycles. The summed E-state index contributed by atoms with van der Waals surface area (Å²) in [7, 11) is 0. The number of hydrogen-bond acceptors (Lipinski definition) is 2. The first kappa shape index (κ1) is 17.8. The van der Waals surface area contributed by atoms with Crippen LogP contribution in [0.4, 0.5) is 5.69 Å². The second-order valence-electron chi connectivity index (χ2n) is 6.06. The van der Waals surface area contributed by atoms with Gasteiger partial charge in [0.1, 0.15) is 18.9 Å². The highest BCUT2D eigenvalue weighted by atomic mass is 79.9. The van der Waals surface area contributed by atoms with Gasteiger partial charge >= 0.3 is 0 Å². The highest BCUT2D eigenvalue weighted by molar-refractivity contribution is 9.11. The van der Waals surface area contributed by atoms with Crippen LogP contribution in [0.25, 0.3) is 0 Å². The molecule has 2 rings (SSSR count). The Morgan fingerprint density at radius 1 is 1.14 bits per heavy atom. The van der Waals surface area contributed by atoms with Crippen molar-refractivity contribution in [2.45, 2.75) is 25.7 Å². The summed E-state index contributed by atoms with van der Waals surface area (Å²) in [5.41, 5.74) is 6.54. The number of quaternary nitrogens is 1. The number of anilines is 1. The van der Waals surface area contributed by atoms with E-state index in [1.165, 1.54) is 38.8 Å². The Morgan fingerprint density at radius 3 is 2.27 bits per heavy atom. The molecule has 22 heavy (non-hydrogen) atoms. The van der Waals surface area contributed by atoms with Crippen LogP contribution in [0.15, 0.2) is 33.7 Å². The van der Waals surface area contributed by atoms with Gasteiger partial charge in [0.25, 0.3) is 0 Å². The topological polar surface area (TPSA) is 35.2 Å². The molecule has 3 nitrogen and oxygen atoms in total. The average molecular weight is 433 g/mol. The summed E-state index contributed by atoms with van der Waals surface area (Å²) in [5, 5.41) is 0. The van der Waals surface area contributed by atoms with E-state index < -0.39 is 0 Å². The van der Waals surface area contributed by atoms with Gasteiger partial charge in [0.2, 0.25) is 0 Å². The maximum absolute atomic E-state index is 6.04. The zero-order chi connectivity index (χ0) is 16.0. The predicted octanol–water partition coefficient (Wildman–Crippen LogP) is 4.75. The van der Waals surface area contributed by atoms with Crippen molar-refractivity contribution < 1.29 is 9.22 Å². The smallest absolute Gasteiger partial charge is 0.148 e. The number of benzene rings is 1. The van der Waals surface area contributed by atoms with Crippen LogP contribution in [-0.4, -0.2) is 37.3 Å². The van der Waals surface area contributed by atoms with Crippen LogP contribution in [0.2, 0.25) is 0 Å². The SMILES string of the molecule is C=CC[N+]1(CCOc2c(Br)cc(N)cc2Br)CCCCCC1. The van der Waals surface area contributed by atoms with Crippen molar-refractivity contribution in [2.75, 3.05) is 38.5 Å². The van der Waals surface area contributed by atoms with Crippen LogP contribution >= 0.6 is 31.9 Å². The fourth-order valence-electron chi connectivity index (χ4n) is 3.19. The van der Waals surface area contributed by atoms with Crippen LogP contribution in [0.3, 0.4) is 0 Å². The van der Waals surface area contributed by atoms with E-state index in [0.29, 0.717) is 12.3 Å². The van der Waals surface area contributed by atoms with E-state index in [1.807, 2.05) is 12.1 Å². The molecule has 0 spiro atoms. The molecule has 0 aromatic heterocycles. The van der Waals surface area contributed by atoms with E-state index in [2.05, 4.69) is 44.5 Å². The van der Waals surface area contributed by atoms with E-state index in [-0.39, 0.29) is 0 Å². The third kappa shape index (κ3) is 4.74. The lowest BCUT2D eigenvalue weighted by Crippen LogP contribution is -2.51. The summed E-state index contributed by atoms with van der Waals surface area (Å²) in [6.07, 6.45) is 7.38. The largest absolute Gasteiger partial charge is 0.485 e. The van der Waals surface area contributed by atoms with Crippen molar-refractivity contribution >= 4 is 37.5 Å². The Morgan fingerprint density at radius 2 is 1.73 bits per heavy atom. The monoisotopic (exact) mass is 431 g/mol. The van der Waals surface area contributed by atoms with E-state index >= 15 is 0 Å². The van der Waals surface area contributed by atoms with E-state index in [4.69, 9.17) is 10.5 Å². The molecule has 1 saturated heterocycles. The summed E-state index contributed by atoms with van der Waals surface area (Å²) in [6, 6.07) is 3.75. The lowest BCUT2D eigenvalue weighted by molar-refractivity contribution is -0.922. The highest BCUT2D eigenvalue weighted by Crippen LogP contribution is 2.35. The Balaban J connectivity index is 2.00. The molecule has 0 bridgehead atoms. The first-order valence-electron chi connectivity index (χ1n) is 7.90. The quantitative estimate of drug-likeness (QED) is 0.400. The Bertz CT molecular complexity index is 488. The normalized spacial score (nSPS) is 17.7. The lowest BCUT2D eigenvalue weighted by Gasteiger charge is -2.37. The van der Waals surface area contributed by atoms with Gasteiger partial charge in [0.05, 0.1) is 28.6 Å². The molecule has 1 aliphatic heterocycles. The van der Waals surface area contributed by atoms with Gasteiger partial charge in [-0.15, -0.1) is 0 Å². The molecule has 1 aliphatic rings. The number of nitrogens with two attached hydrogens (primary N) is 1. The summed E-state index contributed by atoms with van der Waals surface area (Å²) >= 11 is 7.05. The van der Waals surface area contributed by atoms with Gasteiger partial charge in [-0.2, -0.15) is 0 Å². The maximum atomic E-state index is 6.04. The van der Waals surface area contributed by atoms with Crippen LogP contribution < -0.4 is 10.5 Å². The summed E-state index contributed by atoms with van der Waals surface area (Å²) in [6.45, 7) is 9.18. The molecule has 122 valence electrons. The summed E-state index contributed by atoms with van der Waals surface area (Å²) in [5.74, 6) is 0.834. The second kappa shape index (κ2) is 8.37. The molecular weight excluding hydrogens is 408 g/mol. The first-order valence-corrected chi connectivity index (χ1v) is 9.48. The number of likely N-dealkylation sites (tertiary alicyclic amines) is 1. The molecule has 0 aliphatic carbocycles. The first-order chi connectivity index (χ1) is 10.6. The molecule has 0 saturated carbocycles. The molecule has 1 aromatic rings. The van der Waals surface area contributed by atoms with Crippen molar-refractivity contribution in [1.29, 1.82) is 0 Å². The minimum atomic E-state index is 0.703. The summed E-state index contributed by atoms with van der Waals surface area (Å²) < 4.78 is 8.93. The number of hydrogen-bond donors (Lipinski definition) is 1. The van der Waals surface area contributed by atoms with Gasteiger partial charge in [-0.3, -0.25) is 0 Å². The zero-order valence-corrected chi connectivity index (χ0v) is 16.2. The molecule has 1 fully saturated rings. The predicted molar refractivity (Wildman–Crippen MR) is 100 cm³/mol. The van der Waals surface area contributed by atoms with Crippen molar-refractivity contribution in [3.8, 4) is 5.75 Å². The van der Waals surface area contributed by atoms with Crippen LogP contribution in [0.5, 0.6) is 5.75 Å². The molecule has 1 aromatic carbocycles. The second-order valence-corrected chi connectivity index (χ2v) is 7.77. The molecule has 0 atom stereocenters. The van der Waals surface area contributed by atoms with Crippen LogP contribution in [0, 0.1) is 0 Å². The fraction of sp³-hybridized carbons (Fsp3) is 0.529.